The third-order valence-electron chi connectivity index (χ3n) is 5.26. The van der Waals surface area contributed by atoms with Crippen molar-refractivity contribution in [1.29, 1.82) is 0 Å². The molecule has 0 saturated heterocycles. The molecule has 0 aliphatic carbocycles. The van der Waals surface area contributed by atoms with E-state index in [-0.39, 0.29) is 16.3 Å². The highest BCUT2D eigenvalue weighted by atomic mass is 32.2. The van der Waals surface area contributed by atoms with Crippen molar-refractivity contribution in [2.45, 2.75) is 18.7 Å². The van der Waals surface area contributed by atoms with Gasteiger partial charge in [-0.05, 0) is 38.1 Å². The number of carbonyl (C=O) groups is 1. The van der Waals surface area contributed by atoms with Crippen LogP contribution < -0.4 is 9.46 Å². The minimum Gasteiger partial charge on any atom is -0.480 e. The monoisotopic (exact) mass is 473 g/mol. The summed E-state index contributed by atoms with van der Waals surface area (Å²) in [5, 5.41) is 0. The van der Waals surface area contributed by atoms with Gasteiger partial charge in [-0.3, -0.25) is 4.79 Å². The number of sulfonamides is 1. The minimum atomic E-state index is -4.24. The van der Waals surface area contributed by atoms with Gasteiger partial charge in [0.1, 0.15) is 4.90 Å². The zero-order valence-corrected chi connectivity index (χ0v) is 19.8. The van der Waals surface area contributed by atoms with Crippen molar-refractivity contribution < 1.29 is 17.9 Å². The Balaban J connectivity index is 1.77. The van der Waals surface area contributed by atoms with Gasteiger partial charge in [-0.25, -0.2) is 23.1 Å². The minimum absolute atomic E-state index is 0.102. The Morgan fingerprint density at radius 3 is 2.09 bits per heavy atom. The molecule has 0 fully saturated rings. The van der Waals surface area contributed by atoms with E-state index in [9.17, 15) is 13.2 Å². The highest BCUT2D eigenvalue weighted by Gasteiger charge is 2.25. The molecule has 1 amide bonds. The number of pyridine rings is 2. The van der Waals surface area contributed by atoms with E-state index in [1.807, 2.05) is 62.4 Å². The molecule has 0 bridgehead atoms. The van der Waals surface area contributed by atoms with Crippen LogP contribution in [-0.4, -0.2) is 31.4 Å². The molecule has 2 heterocycles. The van der Waals surface area contributed by atoms with Crippen LogP contribution in [0.1, 0.15) is 21.5 Å². The first-order valence-corrected chi connectivity index (χ1v) is 12.0. The van der Waals surface area contributed by atoms with Crippen LogP contribution in [0.15, 0.2) is 83.9 Å². The molecule has 8 heteroatoms. The molecule has 0 aliphatic heterocycles. The molecule has 0 aliphatic rings. The first-order valence-electron chi connectivity index (χ1n) is 10.5. The average molecular weight is 474 g/mol. The number of benzene rings is 2. The molecule has 4 rings (SSSR count). The Bertz CT molecular complexity index is 1450. The fourth-order valence-electron chi connectivity index (χ4n) is 3.42. The maximum atomic E-state index is 13.2. The Kier molecular flexibility index (Phi) is 6.43. The van der Waals surface area contributed by atoms with Gasteiger partial charge in [0.05, 0.1) is 24.1 Å². The molecule has 1 N–H and O–H groups in total. The van der Waals surface area contributed by atoms with E-state index in [1.54, 1.807) is 12.1 Å². The zero-order valence-electron chi connectivity index (χ0n) is 18.9. The van der Waals surface area contributed by atoms with Crippen LogP contribution in [0.3, 0.4) is 0 Å². The SMILES string of the molecule is COc1ncccc1S(=O)(=O)NC(=O)c1ccc(-c2ccc(C)cc2)nc1-c1ccc(C)cc1. The molecule has 2 aromatic heterocycles. The van der Waals surface area contributed by atoms with Crippen LogP contribution in [0.5, 0.6) is 5.88 Å². The second-order valence-corrected chi connectivity index (χ2v) is 9.42. The molecule has 0 saturated carbocycles. The number of hydrogen-bond acceptors (Lipinski definition) is 6. The summed E-state index contributed by atoms with van der Waals surface area (Å²) in [6.07, 6.45) is 1.41. The van der Waals surface area contributed by atoms with Crippen molar-refractivity contribution in [1.82, 2.24) is 14.7 Å². The molecule has 4 aromatic rings. The normalized spacial score (nSPS) is 11.1. The summed E-state index contributed by atoms with van der Waals surface area (Å²) in [5.74, 6) is -0.904. The third-order valence-corrected chi connectivity index (χ3v) is 6.60. The van der Waals surface area contributed by atoms with Crippen molar-refractivity contribution in [3.05, 3.63) is 95.7 Å². The van der Waals surface area contributed by atoms with Crippen LogP contribution in [0.4, 0.5) is 0 Å². The third kappa shape index (κ3) is 4.82. The fraction of sp³-hybridized carbons (Fsp3) is 0.115. The maximum Gasteiger partial charge on any atom is 0.269 e. The van der Waals surface area contributed by atoms with Gasteiger partial charge in [-0.2, -0.15) is 0 Å². The van der Waals surface area contributed by atoms with E-state index < -0.39 is 15.9 Å². The number of aromatic nitrogens is 2. The van der Waals surface area contributed by atoms with Gasteiger partial charge in [0.25, 0.3) is 15.9 Å². The number of rotatable bonds is 6. The largest absolute Gasteiger partial charge is 0.480 e. The number of aryl methyl sites for hydroxylation is 2. The van der Waals surface area contributed by atoms with E-state index in [0.29, 0.717) is 17.0 Å². The smallest absolute Gasteiger partial charge is 0.269 e. The predicted octanol–water partition coefficient (Wildman–Crippen LogP) is 4.55. The van der Waals surface area contributed by atoms with Gasteiger partial charge >= 0.3 is 0 Å². The standard InChI is InChI=1S/C26H23N3O4S/c1-17-6-10-19(11-7-17)22-15-14-21(24(28-22)20-12-8-18(2)9-13-20)25(30)29-34(31,32)23-5-4-16-27-26(23)33-3/h4-16H,1-3H3,(H,29,30). The summed E-state index contributed by atoms with van der Waals surface area (Å²) in [4.78, 5) is 21.6. The van der Waals surface area contributed by atoms with Crippen molar-refractivity contribution in [3.63, 3.8) is 0 Å². The number of methoxy groups -OCH3 is 1. The highest BCUT2D eigenvalue weighted by molar-refractivity contribution is 7.90. The Hall–Kier alpha value is -4.04. The van der Waals surface area contributed by atoms with E-state index >= 15 is 0 Å². The van der Waals surface area contributed by atoms with E-state index in [1.165, 1.54) is 25.4 Å². The molecule has 0 spiro atoms. The molecular formula is C26H23N3O4S. The van der Waals surface area contributed by atoms with E-state index in [2.05, 4.69) is 9.71 Å². The van der Waals surface area contributed by atoms with Crippen LogP contribution in [0.2, 0.25) is 0 Å². The molecule has 0 unspecified atom stereocenters. The lowest BCUT2D eigenvalue weighted by Crippen LogP contribution is -2.31. The van der Waals surface area contributed by atoms with Gasteiger partial charge in [-0.1, -0.05) is 59.7 Å². The van der Waals surface area contributed by atoms with Crippen LogP contribution in [0, 0.1) is 13.8 Å². The first-order chi connectivity index (χ1) is 16.3. The molecule has 0 radical (unpaired) electrons. The molecule has 2 aromatic carbocycles. The average Bonchev–Trinajstić information content (AvgIpc) is 2.84. The maximum absolute atomic E-state index is 13.2. The fourth-order valence-corrected chi connectivity index (χ4v) is 4.51. The van der Waals surface area contributed by atoms with E-state index in [0.717, 1.165) is 16.7 Å². The number of ether oxygens (including phenoxy) is 1. The lowest BCUT2D eigenvalue weighted by Gasteiger charge is -2.13. The lowest BCUT2D eigenvalue weighted by molar-refractivity contribution is 0.0981. The number of nitrogens with zero attached hydrogens (tertiary/aromatic N) is 2. The first kappa shape index (κ1) is 23.1. The molecule has 0 atom stereocenters. The number of carbonyl (C=O) groups excluding carboxylic acids is 1. The Labute approximate surface area is 198 Å². The molecule has 34 heavy (non-hydrogen) atoms. The zero-order chi connectivity index (χ0) is 24.3. The number of hydrogen-bond donors (Lipinski definition) is 1. The van der Waals surface area contributed by atoms with Crippen LogP contribution in [-0.2, 0) is 10.0 Å². The van der Waals surface area contributed by atoms with Crippen LogP contribution >= 0.6 is 0 Å². The van der Waals surface area contributed by atoms with Gasteiger partial charge < -0.3 is 4.74 Å². The number of amides is 1. The highest BCUT2D eigenvalue weighted by Crippen LogP contribution is 2.28. The molecule has 172 valence electrons. The predicted molar refractivity (Wildman–Crippen MR) is 130 cm³/mol. The summed E-state index contributed by atoms with van der Waals surface area (Å²) < 4.78 is 33.0. The summed E-state index contributed by atoms with van der Waals surface area (Å²) in [6.45, 7) is 3.96. The van der Waals surface area contributed by atoms with Crippen LogP contribution in [0.25, 0.3) is 22.5 Å². The van der Waals surface area contributed by atoms with Crippen molar-refractivity contribution >= 4 is 15.9 Å². The summed E-state index contributed by atoms with van der Waals surface area (Å²) in [5.41, 5.74) is 4.93. The number of nitrogens with one attached hydrogen (secondary N) is 1. The quantitative estimate of drug-likeness (QED) is 0.441. The Morgan fingerprint density at radius 2 is 1.47 bits per heavy atom. The van der Waals surface area contributed by atoms with Gasteiger partial charge in [0, 0.05) is 17.3 Å². The Morgan fingerprint density at radius 1 is 0.853 bits per heavy atom. The second kappa shape index (κ2) is 9.44. The summed E-state index contributed by atoms with van der Waals surface area (Å²) >= 11 is 0. The molecule has 7 nitrogen and oxygen atoms in total. The summed E-state index contributed by atoms with van der Waals surface area (Å²) in [7, 11) is -2.93. The van der Waals surface area contributed by atoms with Crippen molar-refractivity contribution in [2.24, 2.45) is 0 Å². The van der Waals surface area contributed by atoms with E-state index in [4.69, 9.17) is 9.72 Å². The van der Waals surface area contributed by atoms with Gasteiger partial charge in [0.15, 0.2) is 0 Å². The van der Waals surface area contributed by atoms with Crippen molar-refractivity contribution in [2.75, 3.05) is 7.11 Å². The topological polar surface area (TPSA) is 98.2 Å². The second-order valence-electron chi connectivity index (χ2n) is 7.77. The van der Waals surface area contributed by atoms with Gasteiger partial charge in [-0.15, -0.1) is 0 Å². The van der Waals surface area contributed by atoms with Gasteiger partial charge in [0.2, 0.25) is 5.88 Å². The molecular weight excluding hydrogens is 450 g/mol. The summed E-state index contributed by atoms with van der Waals surface area (Å²) in [6, 6.07) is 21.5. The van der Waals surface area contributed by atoms with Crippen molar-refractivity contribution in [3.8, 4) is 28.4 Å². The lowest BCUT2D eigenvalue weighted by atomic mass is 10.0.